The van der Waals surface area contributed by atoms with E-state index in [1.54, 1.807) is 0 Å². The van der Waals surface area contributed by atoms with Crippen LogP contribution in [0.5, 0.6) is 0 Å². The number of rotatable bonds is 0. The molecule has 0 aromatic carbocycles. The van der Waals surface area contributed by atoms with E-state index in [-0.39, 0.29) is 8.41 Å². The molecule has 41 valence electrons. The van der Waals surface area contributed by atoms with Crippen molar-refractivity contribution in [2.45, 2.75) is 13.8 Å². The molecular weight excluding hydrogens is 98.9 g/mol. The number of H-pyrrole nitrogens is 1. The van der Waals surface area contributed by atoms with Crippen LogP contribution in [0.3, 0.4) is 0 Å². The summed E-state index contributed by atoms with van der Waals surface area (Å²) in [6.07, 6.45) is 1.81. The van der Waals surface area contributed by atoms with Gasteiger partial charge >= 0.3 is 0 Å². The first-order valence-corrected chi connectivity index (χ1v) is 2.27. The molecule has 8 heavy (non-hydrogen) atoms. The molecule has 0 aliphatic carbocycles. The third-order valence-corrected chi connectivity index (χ3v) is 0.830. The van der Waals surface area contributed by atoms with Crippen LogP contribution >= 0.6 is 0 Å². The molecule has 0 saturated carbocycles. The Morgan fingerprint density at radius 2 is 2.12 bits per heavy atom. The number of nitrogens with one attached hydrogen (secondary N) is 1. The minimum atomic E-state index is 0. The molecule has 3 heteroatoms. The van der Waals surface area contributed by atoms with Gasteiger partial charge in [0.2, 0.25) is 0 Å². The van der Waals surface area contributed by atoms with Crippen molar-refractivity contribution in [2.75, 3.05) is 0 Å². The zero-order valence-corrected chi connectivity index (χ0v) is 5.10. The fourth-order valence-electron chi connectivity index (χ4n) is 0.544. The summed E-state index contributed by atoms with van der Waals surface area (Å²) in [6, 6.07) is 0. The van der Waals surface area contributed by atoms with Gasteiger partial charge in [-0.2, -0.15) is 0 Å². The van der Waals surface area contributed by atoms with Crippen LogP contribution in [0.2, 0.25) is 0 Å². The maximum atomic E-state index is 3.96. The molecule has 1 N–H and O–H groups in total. The molecule has 0 spiro atoms. The lowest BCUT2D eigenvalue weighted by Gasteiger charge is -1.74. The molecule has 0 saturated heterocycles. The van der Waals surface area contributed by atoms with E-state index in [0.717, 1.165) is 11.5 Å². The van der Waals surface area contributed by atoms with Crippen LogP contribution in [-0.4, -0.2) is 18.4 Å². The van der Waals surface area contributed by atoms with Crippen molar-refractivity contribution in [2.24, 2.45) is 0 Å². The average Bonchev–Trinajstić information content (AvgIpc) is 1.87. The molecule has 0 atom stereocenters. The molecule has 0 unspecified atom stereocenters. The molecular formula is C5H8BN2. The molecule has 0 aliphatic heterocycles. The fraction of sp³-hybridized carbons (Fsp3) is 0.400. The second kappa shape index (κ2) is 2.55. The molecule has 3 radical (unpaired) electrons. The Bertz CT molecular complexity index is 143. The number of hydrogen-bond acceptors (Lipinski definition) is 1. The summed E-state index contributed by atoms with van der Waals surface area (Å²) >= 11 is 0. The Balaban J connectivity index is 0.000000490. The van der Waals surface area contributed by atoms with Gasteiger partial charge in [-0.1, -0.05) is 0 Å². The smallest absolute Gasteiger partial charge is 0.103 e. The van der Waals surface area contributed by atoms with Gasteiger partial charge in [0.05, 0.1) is 0 Å². The molecule has 1 heterocycles. The minimum absolute atomic E-state index is 0. The lowest BCUT2D eigenvalue weighted by Crippen LogP contribution is -1.70. The third kappa shape index (κ3) is 1.41. The minimum Gasteiger partial charge on any atom is -0.346 e. The quantitative estimate of drug-likeness (QED) is 0.484. The number of aromatic nitrogens is 2. The second-order valence-corrected chi connectivity index (χ2v) is 1.65. The van der Waals surface area contributed by atoms with Crippen molar-refractivity contribution >= 4 is 8.41 Å². The van der Waals surface area contributed by atoms with Gasteiger partial charge in [-0.3, -0.25) is 0 Å². The topological polar surface area (TPSA) is 28.7 Å². The van der Waals surface area contributed by atoms with Crippen molar-refractivity contribution < 1.29 is 0 Å². The highest BCUT2D eigenvalue weighted by molar-refractivity contribution is 5.75. The van der Waals surface area contributed by atoms with E-state index in [4.69, 9.17) is 0 Å². The van der Waals surface area contributed by atoms with Gasteiger partial charge in [-0.25, -0.2) is 4.98 Å². The summed E-state index contributed by atoms with van der Waals surface area (Å²) < 4.78 is 0. The maximum absolute atomic E-state index is 3.96. The van der Waals surface area contributed by atoms with Crippen molar-refractivity contribution in [3.05, 3.63) is 17.7 Å². The van der Waals surface area contributed by atoms with Gasteiger partial charge in [0.15, 0.2) is 0 Å². The monoisotopic (exact) mass is 107 g/mol. The highest BCUT2D eigenvalue weighted by Crippen LogP contribution is 1.89. The molecule has 0 fully saturated rings. The molecule has 1 aromatic rings. The zero-order valence-electron chi connectivity index (χ0n) is 5.10. The maximum Gasteiger partial charge on any atom is 0.103 e. The number of aryl methyl sites for hydroxylation is 2. The van der Waals surface area contributed by atoms with Gasteiger partial charge < -0.3 is 4.98 Å². The van der Waals surface area contributed by atoms with Crippen LogP contribution in [-0.2, 0) is 0 Å². The van der Waals surface area contributed by atoms with Gasteiger partial charge in [0.1, 0.15) is 5.82 Å². The Morgan fingerprint density at radius 3 is 2.25 bits per heavy atom. The predicted molar refractivity (Wildman–Crippen MR) is 33.8 cm³/mol. The highest BCUT2D eigenvalue weighted by atomic mass is 14.9. The molecule has 0 amide bonds. The Kier molecular flexibility index (Phi) is 2.32. The largest absolute Gasteiger partial charge is 0.346 e. The van der Waals surface area contributed by atoms with E-state index >= 15 is 0 Å². The van der Waals surface area contributed by atoms with E-state index in [0.29, 0.717) is 0 Å². The highest BCUT2D eigenvalue weighted by Gasteiger charge is 1.83. The standard InChI is InChI=1S/C5H8N2.B/c1-4-3-6-5(2)7-4;/h3H,1-2H3,(H,6,7);. The van der Waals surface area contributed by atoms with E-state index in [1.807, 2.05) is 20.0 Å². The van der Waals surface area contributed by atoms with Gasteiger partial charge in [-0.05, 0) is 13.8 Å². The summed E-state index contributed by atoms with van der Waals surface area (Å²) in [5, 5.41) is 0. The number of imidazole rings is 1. The Morgan fingerprint density at radius 1 is 1.50 bits per heavy atom. The van der Waals surface area contributed by atoms with E-state index < -0.39 is 0 Å². The van der Waals surface area contributed by atoms with Crippen molar-refractivity contribution in [3.8, 4) is 0 Å². The van der Waals surface area contributed by atoms with Gasteiger partial charge in [0, 0.05) is 20.3 Å². The van der Waals surface area contributed by atoms with Crippen molar-refractivity contribution in [1.82, 2.24) is 9.97 Å². The summed E-state index contributed by atoms with van der Waals surface area (Å²) in [7, 11) is 0. The summed E-state index contributed by atoms with van der Waals surface area (Å²) in [6.45, 7) is 3.92. The molecule has 1 rings (SSSR count). The molecule has 0 aliphatic rings. The molecule has 1 aromatic heterocycles. The molecule has 2 nitrogen and oxygen atoms in total. The summed E-state index contributed by atoms with van der Waals surface area (Å²) in [5.74, 6) is 0.984. The van der Waals surface area contributed by atoms with Crippen LogP contribution in [0.4, 0.5) is 0 Å². The average molecular weight is 107 g/mol. The van der Waals surface area contributed by atoms with Gasteiger partial charge in [0.25, 0.3) is 0 Å². The third-order valence-electron chi connectivity index (χ3n) is 0.830. The predicted octanol–water partition coefficient (Wildman–Crippen LogP) is 0.646. The van der Waals surface area contributed by atoms with Crippen LogP contribution < -0.4 is 0 Å². The van der Waals surface area contributed by atoms with Gasteiger partial charge in [-0.15, -0.1) is 0 Å². The van der Waals surface area contributed by atoms with Crippen molar-refractivity contribution in [3.63, 3.8) is 0 Å². The Hall–Kier alpha value is -0.725. The number of nitrogens with zero attached hydrogens (tertiary/aromatic N) is 1. The first-order chi connectivity index (χ1) is 3.29. The first kappa shape index (κ1) is 7.27. The van der Waals surface area contributed by atoms with E-state index in [2.05, 4.69) is 9.97 Å². The number of hydrogen-bond donors (Lipinski definition) is 1. The van der Waals surface area contributed by atoms with E-state index in [9.17, 15) is 0 Å². The number of aromatic amines is 1. The van der Waals surface area contributed by atoms with Crippen LogP contribution in [0.25, 0.3) is 0 Å². The molecule has 0 bridgehead atoms. The normalized spacial score (nSPS) is 8.25. The van der Waals surface area contributed by atoms with Crippen LogP contribution in [0.15, 0.2) is 6.20 Å². The van der Waals surface area contributed by atoms with E-state index in [1.165, 1.54) is 0 Å². The van der Waals surface area contributed by atoms with Crippen LogP contribution in [0.1, 0.15) is 11.5 Å². The first-order valence-electron chi connectivity index (χ1n) is 2.27. The summed E-state index contributed by atoms with van der Waals surface area (Å²) in [4.78, 5) is 6.99. The second-order valence-electron chi connectivity index (χ2n) is 1.65. The zero-order chi connectivity index (χ0) is 5.28. The lowest BCUT2D eigenvalue weighted by atomic mass is 10.6. The Labute approximate surface area is 50.9 Å². The lowest BCUT2D eigenvalue weighted by molar-refractivity contribution is 1.13. The fourth-order valence-corrected chi connectivity index (χ4v) is 0.544. The van der Waals surface area contributed by atoms with Crippen molar-refractivity contribution in [1.29, 1.82) is 0 Å². The van der Waals surface area contributed by atoms with Crippen LogP contribution in [0, 0.1) is 13.8 Å². The summed E-state index contributed by atoms with van der Waals surface area (Å²) in [5.41, 5.74) is 1.12. The SMILES string of the molecule is Cc1cnc(C)[nH]1.[B].